The molecule has 1 amide bonds. The van der Waals surface area contributed by atoms with Gasteiger partial charge in [-0.05, 0) is 39.8 Å². The lowest BCUT2D eigenvalue weighted by atomic mass is 10.1. The van der Waals surface area contributed by atoms with E-state index in [1.54, 1.807) is 0 Å². The number of nitrogens with one attached hydrogen (secondary N) is 1. The van der Waals surface area contributed by atoms with Crippen LogP contribution in [0.5, 0.6) is 0 Å². The van der Waals surface area contributed by atoms with Crippen molar-refractivity contribution in [2.24, 2.45) is 5.73 Å². The molecule has 3 N–H and O–H groups in total. The molecule has 1 aliphatic rings. The van der Waals surface area contributed by atoms with Crippen LogP contribution in [0.3, 0.4) is 0 Å². The molecule has 18 heavy (non-hydrogen) atoms. The number of piperidine rings is 1. The predicted octanol–water partition coefficient (Wildman–Crippen LogP) is 1.10. The van der Waals surface area contributed by atoms with Crippen LogP contribution < -0.4 is 11.1 Å². The van der Waals surface area contributed by atoms with Crippen molar-refractivity contribution < 1.29 is 9.53 Å². The van der Waals surface area contributed by atoms with Crippen LogP contribution in [-0.4, -0.2) is 49.8 Å². The van der Waals surface area contributed by atoms with Crippen LogP contribution in [0, 0.1) is 0 Å². The van der Waals surface area contributed by atoms with E-state index < -0.39 is 6.09 Å². The second-order valence-electron chi connectivity index (χ2n) is 4.98. The topological polar surface area (TPSA) is 67.6 Å². The van der Waals surface area contributed by atoms with Gasteiger partial charge in [-0.1, -0.05) is 11.6 Å². The van der Waals surface area contributed by atoms with Crippen molar-refractivity contribution >= 4 is 6.09 Å². The first-order valence-corrected chi connectivity index (χ1v) is 6.59. The number of nitrogens with two attached hydrogens (primary N) is 1. The Morgan fingerprint density at radius 1 is 1.44 bits per heavy atom. The first kappa shape index (κ1) is 15.0. The lowest BCUT2D eigenvalue weighted by molar-refractivity contribution is 0.152. The molecule has 0 radical (unpaired) electrons. The second-order valence-corrected chi connectivity index (χ2v) is 4.98. The van der Waals surface area contributed by atoms with Gasteiger partial charge in [0.15, 0.2) is 0 Å². The van der Waals surface area contributed by atoms with Crippen LogP contribution in [0.25, 0.3) is 0 Å². The molecule has 1 saturated heterocycles. The second kappa shape index (κ2) is 8.11. The lowest BCUT2D eigenvalue weighted by Gasteiger charge is -2.31. The van der Waals surface area contributed by atoms with Gasteiger partial charge in [0.2, 0.25) is 0 Å². The van der Waals surface area contributed by atoms with Gasteiger partial charge in [0.25, 0.3) is 0 Å². The Labute approximate surface area is 109 Å². The van der Waals surface area contributed by atoms with E-state index in [2.05, 4.69) is 34.9 Å². The summed E-state index contributed by atoms with van der Waals surface area (Å²) in [6.07, 6.45) is 3.86. The molecule has 104 valence electrons. The van der Waals surface area contributed by atoms with Gasteiger partial charge in [0.05, 0.1) is 0 Å². The molecule has 0 aromatic rings. The molecule has 5 heteroatoms. The first-order chi connectivity index (χ1) is 8.58. The molecule has 0 bridgehead atoms. The smallest absolute Gasteiger partial charge is 0.404 e. The van der Waals surface area contributed by atoms with Gasteiger partial charge in [0, 0.05) is 19.1 Å². The van der Waals surface area contributed by atoms with E-state index in [0.717, 1.165) is 32.5 Å². The van der Waals surface area contributed by atoms with Gasteiger partial charge in [-0.2, -0.15) is 0 Å². The molecule has 0 saturated carbocycles. The van der Waals surface area contributed by atoms with E-state index >= 15 is 0 Å². The van der Waals surface area contributed by atoms with E-state index in [9.17, 15) is 4.79 Å². The molecule has 0 aliphatic carbocycles. The summed E-state index contributed by atoms with van der Waals surface area (Å²) in [4.78, 5) is 12.8. The fourth-order valence-corrected chi connectivity index (χ4v) is 2.05. The molecule has 5 nitrogen and oxygen atoms in total. The van der Waals surface area contributed by atoms with Crippen LogP contribution in [0.15, 0.2) is 11.6 Å². The van der Waals surface area contributed by atoms with Crippen molar-refractivity contribution in [3.05, 3.63) is 11.6 Å². The molecule has 1 fully saturated rings. The highest BCUT2D eigenvalue weighted by molar-refractivity contribution is 5.64. The summed E-state index contributed by atoms with van der Waals surface area (Å²) in [7, 11) is 0. The number of hydrogen-bond acceptors (Lipinski definition) is 4. The molecule has 1 rings (SSSR count). The summed E-state index contributed by atoms with van der Waals surface area (Å²) in [5, 5.41) is 3.39. The Bertz CT molecular complexity index is 280. The molecule has 1 aliphatic heterocycles. The standard InChI is InChI=1S/C13H25N3O2/c1-11(2)3-7-16-8-4-12(5-9-16)15-6-10-18-13(14)17/h3,12,15H,4-10H2,1-2H3,(H2,14,17). The average molecular weight is 255 g/mol. The number of ether oxygens (including phenoxy) is 1. The number of allylic oxidation sites excluding steroid dienone is 1. The number of hydrogen-bond donors (Lipinski definition) is 2. The van der Waals surface area contributed by atoms with Gasteiger partial charge >= 0.3 is 6.09 Å². The van der Waals surface area contributed by atoms with Gasteiger partial charge in [-0.25, -0.2) is 4.79 Å². The van der Waals surface area contributed by atoms with E-state index in [-0.39, 0.29) is 0 Å². The summed E-state index contributed by atoms with van der Waals surface area (Å²) in [5.74, 6) is 0. The Morgan fingerprint density at radius 2 is 2.11 bits per heavy atom. The van der Waals surface area contributed by atoms with Crippen LogP contribution in [0.1, 0.15) is 26.7 Å². The normalized spacial score (nSPS) is 17.4. The highest BCUT2D eigenvalue weighted by Gasteiger charge is 2.17. The van der Waals surface area contributed by atoms with Crippen molar-refractivity contribution in [1.82, 2.24) is 10.2 Å². The van der Waals surface area contributed by atoms with Crippen LogP contribution in [0.2, 0.25) is 0 Å². The predicted molar refractivity (Wildman–Crippen MR) is 72.4 cm³/mol. The number of primary amides is 1. The summed E-state index contributed by atoms with van der Waals surface area (Å²) in [6, 6.07) is 0.532. The van der Waals surface area contributed by atoms with E-state index in [1.165, 1.54) is 5.57 Å². The third kappa shape index (κ3) is 6.61. The summed E-state index contributed by atoms with van der Waals surface area (Å²) >= 11 is 0. The number of amides is 1. The largest absolute Gasteiger partial charge is 0.448 e. The minimum Gasteiger partial charge on any atom is -0.448 e. The van der Waals surface area contributed by atoms with E-state index in [4.69, 9.17) is 5.73 Å². The van der Waals surface area contributed by atoms with Crippen molar-refractivity contribution in [3.8, 4) is 0 Å². The third-order valence-electron chi connectivity index (χ3n) is 3.12. The van der Waals surface area contributed by atoms with Gasteiger partial charge in [-0.15, -0.1) is 0 Å². The Hall–Kier alpha value is -1.07. The van der Waals surface area contributed by atoms with Gasteiger partial charge < -0.3 is 15.8 Å². The zero-order valence-electron chi connectivity index (χ0n) is 11.4. The zero-order valence-corrected chi connectivity index (χ0v) is 11.4. The summed E-state index contributed by atoms with van der Waals surface area (Å²) < 4.78 is 4.68. The molecular weight excluding hydrogens is 230 g/mol. The molecule has 0 aromatic carbocycles. The van der Waals surface area contributed by atoms with Gasteiger partial charge in [-0.3, -0.25) is 4.90 Å². The minimum absolute atomic E-state index is 0.354. The third-order valence-corrected chi connectivity index (χ3v) is 3.12. The van der Waals surface area contributed by atoms with Gasteiger partial charge in [0.1, 0.15) is 6.61 Å². The number of nitrogens with zero attached hydrogens (tertiary/aromatic N) is 1. The number of rotatable bonds is 6. The molecule has 0 spiro atoms. The Kier molecular flexibility index (Phi) is 6.75. The molecular formula is C13H25N3O2. The van der Waals surface area contributed by atoms with Crippen molar-refractivity contribution in [3.63, 3.8) is 0 Å². The maximum absolute atomic E-state index is 10.4. The van der Waals surface area contributed by atoms with Crippen molar-refractivity contribution in [1.29, 1.82) is 0 Å². The number of carbonyl (C=O) groups is 1. The fourth-order valence-electron chi connectivity index (χ4n) is 2.05. The summed E-state index contributed by atoms with van der Waals surface area (Å²) in [5.41, 5.74) is 6.26. The van der Waals surface area contributed by atoms with E-state index in [0.29, 0.717) is 19.2 Å². The highest BCUT2D eigenvalue weighted by atomic mass is 16.5. The number of likely N-dealkylation sites (tertiary alicyclic amines) is 1. The zero-order chi connectivity index (χ0) is 13.4. The highest BCUT2D eigenvalue weighted by Crippen LogP contribution is 2.10. The molecule has 1 heterocycles. The van der Waals surface area contributed by atoms with Crippen molar-refractivity contribution in [2.45, 2.75) is 32.7 Å². The Morgan fingerprint density at radius 3 is 2.67 bits per heavy atom. The average Bonchev–Trinajstić information content (AvgIpc) is 2.33. The molecule has 0 aromatic heterocycles. The van der Waals surface area contributed by atoms with Crippen molar-refractivity contribution in [2.75, 3.05) is 32.8 Å². The van der Waals surface area contributed by atoms with Crippen LogP contribution >= 0.6 is 0 Å². The van der Waals surface area contributed by atoms with Crippen LogP contribution in [0.4, 0.5) is 4.79 Å². The fraction of sp³-hybridized carbons (Fsp3) is 0.769. The van der Waals surface area contributed by atoms with E-state index in [1.807, 2.05) is 0 Å². The number of carbonyl (C=O) groups excluding carboxylic acids is 1. The molecule has 0 atom stereocenters. The SMILES string of the molecule is CC(C)=CCN1CCC(NCCOC(N)=O)CC1. The molecule has 0 unspecified atom stereocenters. The minimum atomic E-state index is -0.701. The monoisotopic (exact) mass is 255 g/mol. The first-order valence-electron chi connectivity index (χ1n) is 6.59. The maximum atomic E-state index is 10.4. The summed E-state index contributed by atoms with van der Waals surface area (Å²) in [6.45, 7) is 8.60. The Balaban J connectivity index is 2.08. The van der Waals surface area contributed by atoms with Crippen LogP contribution in [-0.2, 0) is 4.74 Å². The maximum Gasteiger partial charge on any atom is 0.404 e. The quantitative estimate of drug-likeness (QED) is 0.551. The lowest BCUT2D eigenvalue weighted by Crippen LogP contribution is -2.43.